The van der Waals surface area contributed by atoms with Crippen molar-refractivity contribution in [2.75, 3.05) is 4.90 Å². The summed E-state index contributed by atoms with van der Waals surface area (Å²) in [4.78, 5) is 2.28. The van der Waals surface area contributed by atoms with Crippen molar-refractivity contribution in [2.24, 2.45) is 0 Å². The molecule has 0 amide bonds. The molecule has 0 aliphatic heterocycles. The van der Waals surface area contributed by atoms with E-state index < -0.39 is 0 Å². The molecule has 3 heteroatoms. The number of fused-ring (bicyclic) bond motifs is 7. The van der Waals surface area contributed by atoms with Crippen LogP contribution in [0.1, 0.15) is 0 Å². The second kappa shape index (κ2) is 11.0. The van der Waals surface area contributed by atoms with E-state index in [1.807, 2.05) is 18.2 Å². The number of hydrogen-bond acceptors (Lipinski definition) is 3. The molecule has 0 fully saturated rings. The minimum absolute atomic E-state index is 0.838. The average molecular weight is 628 g/mol. The molecule has 0 aliphatic rings. The van der Waals surface area contributed by atoms with Gasteiger partial charge in [-0.25, -0.2) is 0 Å². The Morgan fingerprint density at radius 1 is 0.347 bits per heavy atom. The third kappa shape index (κ3) is 4.44. The van der Waals surface area contributed by atoms with E-state index in [1.165, 1.54) is 21.9 Å². The van der Waals surface area contributed by atoms with Crippen LogP contribution in [0.5, 0.6) is 0 Å². The van der Waals surface area contributed by atoms with Gasteiger partial charge in [0, 0.05) is 38.9 Å². The van der Waals surface area contributed by atoms with Crippen molar-refractivity contribution in [2.45, 2.75) is 0 Å². The Labute approximate surface area is 282 Å². The molecule has 2 heterocycles. The van der Waals surface area contributed by atoms with Gasteiger partial charge in [-0.2, -0.15) is 0 Å². The smallest absolute Gasteiger partial charge is 0.159 e. The van der Waals surface area contributed by atoms with E-state index in [9.17, 15) is 0 Å². The van der Waals surface area contributed by atoms with E-state index in [4.69, 9.17) is 8.83 Å². The normalized spacial score (nSPS) is 11.7. The molecule has 230 valence electrons. The Balaban J connectivity index is 1.17. The average Bonchev–Trinajstić information content (AvgIpc) is 3.74. The molecule has 0 radical (unpaired) electrons. The summed E-state index contributed by atoms with van der Waals surface area (Å²) in [6, 6.07) is 61.9. The van der Waals surface area contributed by atoms with Gasteiger partial charge in [0.25, 0.3) is 0 Å². The highest BCUT2D eigenvalue weighted by atomic mass is 16.3. The number of nitrogens with zero attached hydrogens (tertiary/aromatic N) is 1. The molecular weight excluding hydrogens is 599 g/mol. The first-order valence-electron chi connectivity index (χ1n) is 16.6. The van der Waals surface area contributed by atoms with Gasteiger partial charge in [0.1, 0.15) is 16.7 Å². The molecular formula is C46H29NO2. The molecule has 0 saturated heterocycles. The maximum absolute atomic E-state index is 6.70. The SMILES string of the molecule is c1ccc(-c2cccc3c2oc2cc(N(c4ccc(-c5cccc6ccccc56)cc4)c4cccc5c4oc4ccccc45)ccc23)cc1. The van der Waals surface area contributed by atoms with Crippen molar-refractivity contribution in [1.82, 2.24) is 0 Å². The number of rotatable bonds is 5. The highest BCUT2D eigenvalue weighted by Crippen LogP contribution is 2.45. The maximum Gasteiger partial charge on any atom is 0.159 e. The lowest BCUT2D eigenvalue weighted by molar-refractivity contribution is 0.668. The lowest BCUT2D eigenvalue weighted by Gasteiger charge is -2.25. The van der Waals surface area contributed by atoms with Gasteiger partial charge in [-0.15, -0.1) is 0 Å². The van der Waals surface area contributed by atoms with Crippen molar-refractivity contribution in [3.8, 4) is 22.3 Å². The van der Waals surface area contributed by atoms with Crippen LogP contribution in [0.4, 0.5) is 17.1 Å². The third-order valence-electron chi connectivity index (χ3n) is 9.68. The molecule has 49 heavy (non-hydrogen) atoms. The van der Waals surface area contributed by atoms with Gasteiger partial charge in [-0.05, 0) is 63.9 Å². The zero-order valence-corrected chi connectivity index (χ0v) is 26.5. The highest BCUT2D eigenvalue weighted by molar-refractivity contribution is 6.12. The van der Waals surface area contributed by atoms with Crippen LogP contribution in [0.2, 0.25) is 0 Å². The summed E-state index contributed by atoms with van der Waals surface area (Å²) < 4.78 is 13.3. The minimum atomic E-state index is 0.838. The van der Waals surface area contributed by atoms with E-state index in [0.717, 1.165) is 72.1 Å². The topological polar surface area (TPSA) is 29.5 Å². The van der Waals surface area contributed by atoms with Gasteiger partial charge < -0.3 is 13.7 Å². The number of anilines is 3. The first kappa shape index (κ1) is 27.5. The van der Waals surface area contributed by atoms with Gasteiger partial charge in [-0.1, -0.05) is 133 Å². The summed E-state index contributed by atoms with van der Waals surface area (Å²) in [5, 5.41) is 6.86. The summed E-state index contributed by atoms with van der Waals surface area (Å²) in [7, 11) is 0. The summed E-state index contributed by atoms with van der Waals surface area (Å²) in [6.07, 6.45) is 0. The van der Waals surface area contributed by atoms with Gasteiger partial charge >= 0.3 is 0 Å². The van der Waals surface area contributed by atoms with Crippen LogP contribution in [-0.2, 0) is 0 Å². The molecule has 10 aromatic rings. The van der Waals surface area contributed by atoms with Gasteiger partial charge in [0.2, 0.25) is 0 Å². The number of hydrogen-bond donors (Lipinski definition) is 0. The monoisotopic (exact) mass is 627 g/mol. The molecule has 0 unspecified atom stereocenters. The maximum atomic E-state index is 6.70. The van der Waals surface area contributed by atoms with Crippen LogP contribution in [0.15, 0.2) is 185 Å². The summed E-state index contributed by atoms with van der Waals surface area (Å²) in [5.74, 6) is 0. The summed E-state index contributed by atoms with van der Waals surface area (Å²) >= 11 is 0. The van der Waals surface area contributed by atoms with Crippen LogP contribution in [0.25, 0.3) is 76.9 Å². The van der Waals surface area contributed by atoms with Crippen LogP contribution >= 0.6 is 0 Å². The molecule has 0 bridgehead atoms. The Hall–Kier alpha value is -6.58. The second-order valence-corrected chi connectivity index (χ2v) is 12.5. The first-order valence-corrected chi connectivity index (χ1v) is 16.6. The van der Waals surface area contributed by atoms with Crippen molar-refractivity contribution in [3.63, 3.8) is 0 Å². The van der Waals surface area contributed by atoms with Crippen molar-refractivity contribution in [1.29, 1.82) is 0 Å². The highest BCUT2D eigenvalue weighted by Gasteiger charge is 2.21. The van der Waals surface area contributed by atoms with Crippen LogP contribution in [0.3, 0.4) is 0 Å². The molecule has 0 N–H and O–H groups in total. The van der Waals surface area contributed by atoms with Crippen molar-refractivity contribution in [3.05, 3.63) is 176 Å². The Kier molecular flexibility index (Phi) is 6.18. The quantitative estimate of drug-likeness (QED) is 0.190. The lowest BCUT2D eigenvalue weighted by atomic mass is 9.98. The number of para-hydroxylation sites is 3. The molecule has 0 spiro atoms. The molecule has 0 saturated carbocycles. The largest absolute Gasteiger partial charge is 0.455 e. The van der Waals surface area contributed by atoms with Gasteiger partial charge in [-0.3, -0.25) is 0 Å². The molecule has 8 aromatic carbocycles. The molecule has 3 nitrogen and oxygen atoms in total. The van der Waals surface area contributed by atoms with E-state index in [2.05, 4.69) is 163 Å². The first-order chi connectivity index (χ1) is 24.3. The summed E-state index contributed by atoms with van der Waals surface area (Å²) in [5.41, 5.74) is 11.0. The molecule has 0 atom stereocenters. The van der Waals surface area contributed by atoms with Crippen LogP contribution < -0.4 is 4.90 Å². The fraction of sp³-hybridized carbons (Fsp3) is 0. The Morgan fingerprint density at radius 3 is 1.82 bits per heavy atom. The standard InChI is InChI=1S/C46H29NO2/c1-2-11-31(12-3-1)37-18-9-19-40-39-28-27-34(29-44(39)49-45(37)40)47(42-21-10-20-41-38-16-6-7-22-43(38)48-46(41)42)33-25-23-32(24-26-33)36-17-8-14-30-13-4-5-15-35(30)36/h1-29H. The van der Waals surface area contributed by atoms with Gasteiger partial charge in [0.15, 0.2) is 5.58 Å². The zero-order valence-electron chi connectivity index (χ0n) is 26.5. The number of furan rings is 2. The molecule has 2 aromatic heterocycles. The number of benzene rings is 8. The van der Waals surface area contributed by atoms with E-state index >= 15 is 0 Å². The molecule has 0 aliphatic carbocycles. The zero-order chi connectivity index (χ0) is 32.3. The minimum Gasteiger partial charge on any atom is -0.455 e. The fourth-order valence-electron chi connectivity index (χ4n) is 7.37. The van der Waals surface area contributed by atoms with Crippen LogP contribution in [-0.4, -0.2) is 0 Å². The predicted molar refractivity (Wildman–Crippen MR) is 204 cm³/mol. The van der Waals surface area contributed by atoms with E-state index in [1.54, 1.807) is 0 Å². The Morgan fingerprint density at radius 2 is 0.939 bits per heavy atom. The van der Waals surface area contributed by atoms with E-state index in [0.29, 0.717) is 0 Å². The van der Waals surface area contributed by atoms with E-state index in [-0.39, 0.29) is 0 Å². The third-order valence-corrected chi connectivity index (χ3v) is 9.68. The Bertz CT molecular complexity index is 2820. The fourth-order valence-corrected chi connectivity index (χ4v) is 7.37. The van der Waals surface area contributed by atoms with Crippen LogP contribution in [0, 0.1) is 0 Å². The summed E-state index contributed by atoms with van der Waals surface area (Å²) in [6.45, 7) is 0. The van der Waals surface area contributed by atoms with Crippen molar-refractivity contribution < 1.29 is 8.83 Å². The molecule has 10 rings (SSSR count). The second-order valence-electron chi connectivity index (χ2n) is 12.5. The van der Waals surface area contributed by atoms with Gasteiger partial charge in [0.05, 0.1) is 11.4 Å². The lowest BCUT2D eigenvalue weighted by Crippen LogP contribution is -2.10. The predicted octanol–water partition coefficient (Wildman–Crippen LogP) is 13.4. The van der Waals surface area contributed by atoms with Crippen molar-refractivity contribution >= 4 is 71.7 Å².